The molecule has 0 spiro atoms. The molecule has 1 rings (SSSR count). The van der Waals surface area contributed by atoms with E-state index in [1.54, 1.807) is 7.11 Å². The molecular weight excluding hydrogens is 270 g/mol. The lowest BCUT2D eigenvalue weighted by atomic mass is 10.1. The summed E-state index contributed by atoms with van der Waals surface area (Å²) in [6.45, 7) is 13.5. The predicted molar refractivity (Wildman–Crippen MR) is 87.8 cm³/mol. The molecule has 0 fully saturated rings. The molecule has 4 nitrogen and oxygen atoms in total. The largest absolute Gasteiger partial charge is 0.383 e. The summed E-state index contributed by atoms with van der Waals surface area (Å²) in [5, 5.41) is 4.55. The number of methoxy groups -OCH3 is 1. The highest BCUT2D eigenvalue weighted by molar-refractivity contribution is 7.15. The summed E-state index contributed by atoms with van der Waals surface area (Å²) < 4.78 is 5.04. The predicted octanol–water partition coefficient (Wildman–Crippen LogP) is 3.06. The van der Waals surface area contributed by atoms with Gasteiger partial charge in [0.2, 0.25) is 0 Å². The van der Waals surface area contributed by atoms with E-state index in [9.17, 15) is 0 Å². The zero-order valence-electron chi connectivity index (χ0n) is 13.5. The number of anilines is 1. The van der Waals surface area contributed by atoms with Crippen LogP contribution in [0.15, 0.2) is 0 Å². The lowest BCUT2D eigenvalue weighted by Crippen LogP contribution is -2.27. The quantitative estimate of drug-likeness (QED) is 0.674. The van der Waals surface area contributed by atoms with Crippen LogP contribution >= 0.6 is 11.3 Å². The highest BCUT2D eigenvalue weighted by Gasteiger charge is 2.14. The Morgan fingerprint density at radius 2 is 2.15 bits per heavy atom. The van der Waals surface area contributed by atoms with Crippen molar-refractivity contribution in [2.75, 3.05) is 38.3 Å². The summed E-state index contributed by atoms with van der Waals surface area (Å²) >= 11 is 1.81. The van der Waals surface area contributed by atoms with E-state index in [-0.39, 0.29) is 0 Å². The van der Waals surface area contributed by atoms with E-state index in [2.05, 4.69) is 37.9 Å². The van der Waals surface area contributed by atoms with Crippen LogP contribution in [0.1, 0.15) is 37.8 Å². The van der Waals surface area contributed by atoms with Gasteiger partial charge >= 0.3 is 0 Å². The van der Waals surface area contributed by atoms with Crippen molar-refractivity contribution < 1.29 is 4.74 Å². The topological polar surface area (TPSA) is 37.4 Å². The van der Waals surface area contributed by atoms with Crippen LogP contribution < -0.4 is 10.2 Å². The van der Waals surface area contributed by atoms with Crippen LogP contribution in [0.3, 0.4) is 0 Å². The normalized spacial score (nSPS) is 12.7. The Labute approximate surface area is 127 Å². The Morgan fingerprint density at radius 1 is 1.40 bits per heavy atom. The maximum absolute atomic E-state index is 5.04. The van der Waals surface area contributed by atoms with E-state index in [1.165, 1.54) is 11.3 Å². The van der Waals surface area contributed by atoms with Gasteiger partial charge in [0.05, 0.1) is 12.3 Å². The van der Waals surface area contributed by atoms with E-state index in [4.69, 9.17) is 9.72 Å². The number of hydrogen-bond acceptors (Lipinski definition) is 5. The molecule has 0 saturated carbocycles. The number of ether oxygens (including phenoxy) is 1. The molecule has 0 radical (unpaired) electrons. The number of nitrogens with zero attached hydrogens (tertiary/aromatic N) is 2. The highest BCUT2D eigenvalue weighted by Crippen LogP contribution is 2.26. The standard InChI is InChI=1S/C15H29N3OS/c1-6-12(3)11-18(7-2)15-17-13(4)14(20-15)10-16-8-9-19-5/h12,16H,6-11H2,1-5H3. The van der Waals surface area contributed by atoms with Gasteiger partial charge in [-0.05, 0) is 19.8 Å². The molecule has 1 aromatic heterocycles. The first-order valence-electron chi connectivity index (χ1n) is 7.53. The number of thiazole rings is 1. The van der Waals surface area contributed by atoms with Gasteiger partial charge in [0.15, 0.2) is 5.13 Å². The molecule has 20 heavy (non-hydrogen) atoms. The van der Waals surface area contributed by atoms with Gasteiger partial charge in [-0.15, -0.1) is 11.3 Å². The second-order valence-electron chi connectivity index (χ2n) is 5.23. The van der Waals surface area contributed by atoms with Gasteiger partial charge in [-0.1, -0.05) is 20.3 Å². The SMILES string of the molecule is CCC(C)CN(CC)c1nc(C)c(CNCCOC)s1. The number of aromatic nitrogens is 1. The molecule has 0 bridgehead atoms. The van der Waals surface area contributed by atoms with Gasteiger partial charge in [0, 0.05) is 38.2 Å². The Morgan fingerprint density at radius 3 is 2.75 bits per heavy atom. The summed E-state index contributed by atoms with van der Waals surface area (Å²) in [4.78, 5) is 8.47. The fourth-order valence-electron chi connectivity index (χ4n) is 1.94. The molecule has 1 N–H and O–H groups in total. The maximum atomic E-state index is 5.04. The average Bonchev–Trinajstić information content (AvgIpc) is 2.81. The lowest BCUT2D eigenvalue weighted by molar-refractivity contribution is 0.199. The maximum Gasteiger partial charge on any atom is 0.185 e. The Bertz CT molecular complexity index is 381. The molecule has 1 heterocycles. The van der Waals surface area contributed by atoms with Crippen LogP contribution in [0.2, 0.25) is 0 Å². The van der Waals surface area contributed by atoms with Gasteiger partial charge in [0.1, 0.15) is 0 Å². The van der Waals surface area contributed by atoms with Crippen LogP contribution in [0.25, 0.3) is 0 Å². The summed E-state index contributed by atoms with van der Waals surface area (Å²) in [6.07, 6.45) is 1.21. The molecule has 0 aliphatic heterocycles. The van der Waals surface area contributed by atoms with Crippen molar-refractivity contribution in [2.24, 2.45) is 5.92 Å². The Hall–Kier alpha value is -0.650. The summed E-state index contributed by atoms with van der Waals surface area (Å²) in [7, 11) is 1.73. The molecule has 1 aromatic rings. The van der Waals surface area contributed by atoms with Crippen molar-refractivity contribution >= 4 is 16.5 Å². The van der Waals surface area contributed by atoms with Crippen LogP contribution in [-0.4, -0.2) is 38.3 Å². The van der Waals surface area contributed by atoms with Gasteiger partial charge in [0.25, 0.3) is 0 Å². The molecule has 0 amide bonds. The summed E-state index contributed by atoms with van der Waals surface area (Å²) in [5.41, 5.74) is 1.15. The van der Waals surface area contributed by atoms with Crippen molar-refractivity contribution in [1.82, 2.24) is 10.3 Å². The third-order valence-electron chi connectivity index (χ3n) is 3.53. The van der Waals surface area contributed by atoms with Crippen LogP contribution in [0.5, 0.6) is 0 Å². The van der Waals surface area contributed by atoms with Crippen LogP contribution in [0.4, 0.5) is 5.13 Å². The van der Waals surface area contributed by atoms with Crippen molar-refractivity contribution in [2.45, 2.75) is 40.7 Å². The summed E-state index contributed by atoms with van der Waals surface area (Å²) in [6, 6.07) is 0. The third kappa shape index (κ3) is 5.38. The van der Waals surface area contributed by atoms with Crippen molar-refractivity contribution in [3.05, 3.63) is 10.6 Å². The van der Waals surface area contributed by atoms with E-state index in [1.807, 2.05) is 11.3 Å². The van der Waals surface area contributed by atoms with Crippen molar-refractivity contribution in [3.63, 3.8) is 0 Å². The molecular formula is C15H29N3OS. The van der Waals surface area contributed by atoms with E-state index in [0.717, 1.165) is 43.6 Å². The Kier molecular flexibility index (Phi) is 8.11. The van der Waals surface area contributed by atoms with Gasteiger partial charge in [-0.3, -0.25) is 0 Å². The van der Waals surface area contributed by atoms with Gasteiger partial charge < -0.3 is 15.0 Å². The van der Waals surface area contributed by atoms with Gasteiger partial charge in [-0.25, -0.2) is 4.98 Å². The summed E-state index contributed by atoms with van der Waals surface area (Å²) in [5.74, 6) is 0.711. The van der Waals surface area contributed by atoms with Crippen LogP contribution in [0, 0.1) is 12.8 Å². The highest BCUT2D eigenvalue weighted by atomic mass is 32.1. The first kappa shape index (κ1) is 17.4. The number of nitrogens with one attached hydrogen (secondary N) is 1. The molecule has 0 aromatic carbocycles. The van der Waals surface area contributed by atoms with Crippen molar-refractivity contribution in [1.29, 1.82) is 0 Å². The average molecular weight is 299 g/mol. The second-order valence-corrected chi connectivity index (χ2v) is 6.29. The minimum atomic E-state index is 0.711. The fourth-order valence-corrected chi connectivity index (χ4v) is 3.04. The molecule has 1 atom stereocenters. The molecule has 0 saturated heterocycles. The van der Waals surface area contributed by atoms with Crippen molar-refractivity contribution in [3.8, 4) is 0 Å². The van der Waals surface area contributed by atoms with E-state index in [0.29, 0.717) is 5.92 Å². The first-order chi connectivity index (χ1) is 9.62. The third-order valence-corrected chi connectivity index (χ3v) is 4.75. The fraction of sp³-hybridized carbons (Fsp3) is 0.800. The zero-order valence-corrected chi connectivity index (χ0v) is 14.3. The molecule has 5 heteroatoms. The minimum Gasteiger partial charge on any atom is -0.383 e. The molecule has 0 aliphatic rings. The van der Waals surface area contributed by atoms with E-state index < -0.39 is 0 Å². The van der Waals surface area contributed by atoms with Crippen LogP contribution in [-0.2, 0) is 11.3 Å². The zero-order chi connectivity index (χ0) is 15.0. The Balaban J connectivity index is 2.61. The minimum absolute atomic E-state index is 0.711. The van der Waals surface area contributed by atoms with Gasteiger partial charge in [-0.2, -0.15) is 0 Å². The number of aryl methyl sites for hydroxylation is 1. The number of hydrogen-bond donors (Lipinski definition) is 1. The first-order valence-corrected chi connectivity index (χ1v) is 8.34. The van der Waals surface area contributed by atoms with E-state index >= 15 is 0 Å². The number of rotatable bonds is 10. The smallest absolute Gasteiger partial charge is 0.185 e. The second kappa shape index (κ2) is 9.32. The lowest BCUT2D eigenvalue weighted by Gasteiger charge is -2.23. The molecule has 0 aliphatic carbocycles. The molecule has 1 unspecified atom stereocenters. The molecule has 116 valence electrons. The monoisotopic (exact) mass is 299 g/mol.